The van der Waals surface area contributed by atoms with Crippen LogP contribution in [-0.4, -0.2) is 30.6 Å². The number of rotatable bonds is 8. The van der Waals surface area contributed by atoms with Crippen LogP contribution in [0.4, 0.5) is 0 Å². The Hall–Kier alpha value is -3.24. The van der Waals surface area contributed by atoms with Gasteiger partial charge in [-0.2, -0.15) is 0 Å². The summed E-state index contributed by atoms with van der Waals surface area (Å²) in [4.78, 5) is 21.1. The number of hydrogen-bond acceptors (Lipinski definition) is 7. The smallest absolute Gasteiger partial charge is 0.271 e. The van der Waals surface area contributed by atoms with E-state index in [2.05, 4.69) is 25.5 Å². The average Bonchev–Trinajstić information content (AvgIpc) is 3.55. The van der Waals surface area contributed by atoms with E-state index in [4.69, 9.17) is 23.2 Å². The van der Waals surface area contributed by atoms with E-state index in [0.29, 0.717) is 39.0 Å². The van der Waals surface area contributed by atoms with Gasteiger partial charge in [-0.25, -0.2) is 4.98 Å². The summed E-state index contributed by atoms with van der Waals surface area (Å²) in [5.74, 6) is 0.864. The molecule has 11 heteroatoms. The number of thiazole rings is 1. The van der Waals surface area contributed by atoms with Crippen molar-refractivity contribution in [1.29, 1.82) is 0 Å². The molecular formula is C25H18Cl2N6OS2. The summed E-state index contributed by atoms with van der Waals surface area (Å²) in [6, 6.07) is 18.7. The number of amides is 1. The van der Waals surface area contributed by atoms with E-state index >= 15 is 0 Å². The lowest BCUT2D eigenvalue weighted by molar-refractivity contribution is 0.0946. The average molecular weight is 554 g/mol. The van der Waals surface area contributed by atoms with Crippen molar-refractivity contribution < 1.29 is 4.79 Å². The fraction of sp³-hybridized carbons (Fsp3) is 0.0800. The summed E-state index contributed by atoms with van der Waals surface area (Å²) in [6.07, 6.45) is 3.41. The molecule has 180 valence electrons. The number of carbonyl (C=O) groups is 1. The molecule has 5 rings (SSSR count). The van der Waals surface area contributed by atoms with Gasteiger partial charge in [0.25, 0.3) is 5.91 Å². The molecule has 0 atom stereocenters. The van der Waals surface area contributed by atoms with Crippen molar-refractivity contribution in [3.05, 3.63) is 105 Å². The fourth-order valence-electron chi connectivity index (χ4n) is 3.41. The molecule has 1 amide bonds. The summed E-state index contributed by atoms with van der Waals surface area (Å²) >= 11 is 15.9. The lowest BCUT2D eigenvalue weighted by Crippen LogP contribution is -2.23. The maximum atomic E-state index is 12.5. The third-order valence-electron chi connectivity index (χ3n) is 5.13. The third-order valence-corrected chi connectivity index (χ3v) is 7.75. The molecule has 3 aromatic heterocycles. The van der Waals surface area contributed by atoms with E-state index in [9.17, 15) is 4.79 Å². The molecule has 0 fully saturated rings. The molecule has 7 nitrogen and oxygen atoms in total. The van der Waals surface area contributed by atoms with E-state index < -0.39 is 0 Å². The molecule has 0 bridgehead atoms. The van der Waals surface area contributed by atoms with Crippen LogP contribution in [-0.2, 0) is 12.3 Å². The van der Waals surface area contributed by atoms with Gasteiger partial charge < -0.3 is 5.32 Å². The zero-order chi connectivity index (χ0) is 24.9. The molecule has 0 radical (unpaired) electrons. The van der Waals surface area contributed by atoms with Crippen molar-refractivity contribution in [3.8, 4) is 17.1 Å². The number of para-hydroxylation sites is 1. The second-order valence-electron chi connectivity index (χ2n) is 7.53. The molecule has 0 aliphatic rings. The topological polar surface area (TPSA) is 85.6 Å². The highest BCUT2D eigenvalue weighted by molar-refractivity contribution is 7.98. The third kappa shape index (κ3) is 5.44. The first-order valence-corrected chi connectivity index (χ1v) is 13.4. The van der Waals surface area contributed by atoms with Crippen molar-refractivity contribution in [2.45, 2.75) is 17.5 Å². The van der Waals surface area contributed by atoms with Crippen molar-refractivity contribution in [1.82, 2.24) is 30.0 Å². The number of nitrogens with zero attached hydrogens (tertiary/aromatic N) is 5. The van der Waals surface area contributed by atoms with Crippen LogP contribution in [0.5, 0.6) is 0 Å². The van der Waals surface area contributed by atoms with Crippen LogP contribution in [0, 0.1) is 0 Å². The minimum absolute atomic E-state index is 0.230. The maximum absolute atomic E-state index is 12.5. The van der Waals surface area contributed by atoms with Gasteiger partial charge in [0.15, 0.2) is 11.0 Å². The zero-order valence-electron chi connectivity index (χ0n) is 18.6. The van der Waals surface area contributed by atoms with Gasteiger partial charge in [0.2, 0.25) is 0 Å². The molecular weight excluding hydrogens is 535 g/mol. The highest BCUT2D eigenvalue weighted by Gasteiger charge is 2.20. The first kappa shape index (κ1) is 24.5. The number of carbonyl (C=O) groups excluding carboxylic acids is 1. The predicted octanol–water partition coefficient (Wildman–Crippen LogP) is 6.31. The Kier molecular flexibility index (Phi) is 7.62. The minimum atomic E-state index is -0.230. The molecule has 0 unspecified atom stereocenters. The van der Waals surface area contributed by atoms with E-state index in [1.54, 1.807) is 17.8 Å². The number of pyridine rings is 1. The fourth-order valence-corrected chi connectivity index (χ4v) is 5.59. The van der Waals surface area contributed by atoms with E-state index in [0.717, 1.165) is 21.8 Å². The Morgan fingerprint density at radius 2 is 1.81 bits per heavy atom. The summed E-state index contributed by atoms with van der Waals surface area (Å²) < 4.78 is 1.89. The lowest BCUT2D eigenvalue weighted by Gasteiger charge is -2.12. The molecule has 1 N–H and O–H groups in total. The second kappa shape index (κ2) is 11.2. The minimum Gasteiger partial charge on any atom is -0.347 e. The Morgan fingerprint density at radius 3 is 2.58 bits per heavy atom. The predicted molar refractivity (Wildman–Crippen MR) is 144 cm³/mol. The number of nitrogens with one attached hydrogen (secondary N) is 1. The number of thioether (sulfide) groups is 1. The van der Waals surface area contributed by atoms with Crippen molar-refractivity contribution in [3.63, 3.8) is 0 Å². The number of aromatic nitrogens is 5. The Balaban J connectivity index is 1.35. The molecule has 5 aromatic rings. The normalized spacial score (nSPS) is 10.9. The lowest BCUT2D eigenvalue weighted by atomic mass is 10.2. The standard InChI is InChI=1S/C25H18Cl2N6OS2/c26-18-8-2-1-7-17(18)23-31-32-25(33(23)21-10-4-3-9-19(21)27)36-15-22-30-20(14-35-22)24(34)29-13-16-6-5-11-28-12-16/h1-12,14H,13,15H2,(H,29,34). The SMILES string of the molecule is O=C(NCc1cccnc1)c1csc(CSc2nnc(-c3ccccc3Cl)n2-c2ccccc2Cl)n1. The summed E-state index contributed by atoms with van der Waals surface area (Å²) in [7, 11) is 0. The van der Waals surface area contributed by atoms with Gasteiger partial charge in [0.05, 0.1) is 21.5 Å². The molecule has 0 saturated heterocycles. The molecule has 0 spiro atoms. The van der Waals surface area contributed by atoms with Gasteiger partial charge in [-0.1, -0.05) is 65.3 Å². The molecule has 0 aliphatic heterocycles. The second-order valence-corrected chi connectivity index (χ2v) is 10.2. The van der Waals surface area contributed by atoms with Gasteiger partial charge in [-0.3, -0.25) is 14.3 Å². The van der Waals surface area contributed by atoms with Crippen LogP contribution >= 0.6 is 46.3 Å². The first-order valence-electron chi connectivity index (χ1n) is 10.8. The monoisotopic (exact) mass is 552 g/mol. The molecule has 0 aliphatic carbocycles. The van der Waals surface area contributed by atoms with Crippen LogP contribution in [0.3, 0.4) is 0 Å². The number of hydrogen-bond donors (Lipinski definition) is 1. The molecule has 36 heavy (non-hydrogen) atoms. The van der Waals surface area contributed by atoms with Crippen LogP contribution in [0.15, 0.2) is 83.6 Å². The number of halogens is 2. The van der Waals surface area contributed by atoms with Crippen molar-refractivity contribution in [2.24, 2.45) is 0 Å². The molecule has 2 aromatic carbocycles. The van der Waals surface area contributed by atoms with Gasteiger partial charge in [0.1, 0.15) is 10.7 Å². The largest absolute Gasteiger partial charge is 0.347 e. The maximum Gasteiger partial charge on any atom is 0.271 e. The zero-order valence-corrected chi connectivity index (χ0v) is 21.8. The Bertz CT molecular complexity index is 1510. The van der Waals surface area contributed by atoms with Crippen LogP contribution in [0.1, 0.15) is 21.1 Å². The first-order chi connectivity index (χ1) is 17.6. The van der Waals surface area contributed by atoms with Gasteiger partial charge in [-0.15, -0.1) is 21.5 Å². The van der Waals surface area contributed by atoms with Gasteiger partial charge >= 0.3 is 0 Å². The van der Waals surface area contributed by atoms with Crippen LogP contribution < -0.4 is 5.32 Å². The van der Waals surface area contributed by atoms with E-state index in [-0.39, 0.29) is 5.91 Å². The van der Waals surface area contributed by atoms with E-state index in [1.165, 1.54) is 23.1 Å². The Morgan fingerprint density at radius 1 is 1.00 bits per heavy atom. The summed E-state index contributed by atoms with van der Waals surface area (Å²) in [6.45, 7) is 0.389. The highest BCUT2D eigenvalue weighted by Crippen LogP contribution is 2.35. The summed E-state index contributed by atoms with van der Waals surface area (Å²) in [5.41, 5.74) is 2.80. The van der Waals surface area contributed by atoms with E-state index in [1.807, 2.05) is 65.2 Å². The molecule has 0 saturated carbocycles. The summed E-state index contributed by atoms with van der Waals surface area (Å²) in [5, 5.41) is 16.0. The Labute approximate surface area is 225 Å². The molecule has 3 heterocycles. The van der Waals surface area contributed by atoms with Gasteiger partial charge in [-0.05, 0) is 35.9 Å². The van der Waals surface area contributed by atoms with Crippen LogP contribution in [0.25, 0.3) is 17.1 Å². The van der Waals surface area contributed by atoms with Crippen molar-refractivity contribution in [2.75, 3.05) is 0 Å². The number of benzene rings is 2. The van der Waals surface area contributed by atoms with Crippen LogP contribution in [0.2, 0.25) is 10.0 Å². The highest BCUT2D eigenvalue weighted by atomic mass is 35.5. The van der Waals surface area contributed by atoms with Crippen molar-refractivity contribution >= 4 is 52.2 Å². The van der Waals surface area contributed by atoms with Gasteiger partial charge in [0, 0.05) is 29.9 Å². The quantitative estimate of drug-likeness (QED) is 0.227.